The Morgan fingerprint density at radius 3 is 2.28 bits per heavy atom. The first-order valence-electron chi connectivity index (χ1n) is 7.93. The van der Waals surface area contributed by atoms with Gasteiger partial charge < -0.3 is 14.7 Å². The van der Waals surface area contributed by atoms with Crippen molar-refractivity contribution in [2.75, 3.05) is 20.2 Å². The second kappa shape index (κ2) is 7.31. The molecule has 1 aromatic rings. The molecule has 0 aromatic heterocycles. The number of allylic oxidation sites excluding steroid dienone is 2. The summed E-state index contributed by atoms with van der Waals surface area (Å²) in [6.07, 6.45) is 3.70. The fourth-order valence-electron chi connectivity index (χ4n) is 2.84. The molecule has 0 radical (unpaired) electrons. The maximum atomic E-state index is 13.1. The summed E-state index contributed by atoms with van der Waals surface area (Å²) < 4.78 is 29.3. The Kier molecular flexibility index (Phi) is 5.57. The Hall–Kier alpha value is -2.28. The van der Waals surface area contributed by atoms with Crippen LogP contribution in [0.2, 0.25) is 0 Å². The monoisotopic (exact) mass is 365 g/mol. The van der Waals surface area contributed by atoms with Gasteiger partial charge in [-0.05, 0) is 56.3 Å². The van der Waals surface area contributed by atoms with Crippen molar-refractivity contribution in [3.05, 3.63) is 48.7 Å². The number of aliphatic carboxylic acids is 1. The minimum absolute atomic E-state index is 0.00151. The smallest absolute Gasteiger partial charge is 0.325 e. The van der Waals surface area contributed by atoms with Crippen LogP contribution in [-0.4, -0.2) is 49.3 Å². The van der Waals surface area contributed by atoms with E-state index in [2.05, 4.69) is 6.58 Å². The Labute approximate surface area is 148 Å². The van der Waals surface area contributed by atoms with Gasteiger partial charge in [0.2, 0.25) is 0 Å². The minimum Gasteiger partial charge on any atom is -0.497 e. The predicted octanol–water partition coefficient (Wildman–Crippen LogP) is 2.48. The molecular formula is C18H23NO5S. The number of nitrogens with zero attached hydrogens (tertiary/aromatic N) is 1. The molecule has 2 rings (SSSR count). The van der Waals surface area contributed by atoms with E-state index in [4.69, 9.17) is 4.74 Å². The zero-order valence-corrected chi connectivity index (χ0v) is 15.3. The van der Waals surface area contributed by atoms with Gasteiger partial charge in [0.1, 0.15) is 5.75 Å². The molecule has 1 N–H and O–H groups in total. The van der Waals surface area contributed by atoms with Crippen LogP contribution in [-0.2, 0) is 14.6 Å². The van der Waals surface area contributed by atoms with Crippen LogP contribution in [0.5, 0.6) is 5.75 Å². The van der Waals surface area contributed by atoms with Crippen LogP contribution >= 0.6 is 0 Å². The molecule has 0 atom stereocenters. The van der Waals surface area contributed by atoms with Gasteiger partial charge in [0.15, 0.2) is 14.6 Å². The largest absolute Gasteiger partial charge is 0.497 e. The van der Waals surface area contributed by atoms with Gasteiger partial charge >= 0.3 is 5.97 Å². The molecule has 0 saturated carbocycles. The highest BCUT2D eigenvalue weighted by atomic mass is 32.2. The molecule has 1 aliphatic heterocycles. The number of benzene rings is 1. The van der Waals surface area contributed by atoms with Crippen molar-refractivity contribution in [3.8, 4) is 5.75 Å². The Balaban J connectivity index is 2.31. The summed E-state index contributed by atoms with van der Waals surface area (Å²) in [5.41, 5.74) is 0.876. The molecule has 1 aliphatic rings. The topological polar surface area (TPSA) is 83.9 Å². The molecule has 136 valence electrons. The van der Waals surface area contributed by atoms with Crippen molar-refractivity contribution in [3.63, 3.8) is 0 Å². The molecule has 1 heterocycles. The van der Waals surface area contributed by atoms with Crippen LogP contribution in [0.3, 0.4) is 0 Å². The quantitative estimate of drug-likeness (QED) is 0.780. The van der Waals surface area contributed by atoms with Gasteiger partial charge in [-0.3, -0.25) is 4.79 Å². The number of piperidine rings is 1. The van der Waals surface area contributed by atoms with E-state index in [1.54, 1.807) is 0 Å². The van der Waals surface area contributed by atoms with Gasteiger partial charge in [0.25, 0.3) is 0 Å². The second-order valence-corrected chi connectivity index (χ2v) is 8.44. The van der Waals surface area contributed by atoms with Crippen molar-refractivity contribution in [2.45, 2.75) is 29.4 Å². The van der Waals surface area contributed by atoms with E-state index in [1.807, 2.05) is 24.1 Å². The third kappa shape index (κ3) is 3.71. The number of rotatable bonds is 6. The van der Waals surface area contributed by atoms with Crippen LogP contribution < -0.4 is 4.74 Å². The average Bonchev–Trinajstić information content (AvgIpc) is 2.60. The maximum absolute atomic E-state index is 13.1. The fraction of sp³-hybridized carbons (Fsp3) is 0.389. The van der Waals surface area contributed by atoms with Gasteiger partial charge in [-0.1, -0.05) is 12.2 Å². The third-order valence-electron chi connectivity index (χ3n) is 4.45. The lowest BCUT2D eigenvalue weighted by molar-refractivity contribution is -0.141. The number of sulfone groups is 1. The fourth-order valence-corrected chi connectivity index (χ4v) is 4.74. The summed E-state index contributed by atoms with van der Waals surface area (Å²) in [6, 6.07) is 5.83. The second-order valence-electron chi connectivity index (χ2n) is 6.18. The first-order valence-corrected chi connectivity index (χ1v) is 9.41. The lowest BCUT2D eigenvalue weighted by Gasteiger charge is -2.37. The molecule has 1 aromatic carbocycles. The number of carboxylic acids is 1. The molecule has 7 heteroatoms. The summed E-state index contributed by atoms with van der Waals surface area (Å²) in [6.45, 7) is 6.34. The van der Waals surface area contributed by atoms with Crippen LogP contribution in [0.1, 0.15) is 19.8 Å². The summed E-state index contributed by atoms with van der Waals surface area (Å²) >= 11 is 0. The predicted molar refractivity (Wildman–Crippen MR) is 95.3 cm³/mol. The highest BCUT2D eigenvalue weighted by Crippen LogP contribution is 2.36. The van der Waals surface area contributed by atoms with E-state index >= 15 is 0 Å². The van der Waals surface area contributed by atoms with Crippen LogP contribution in [0.25, 0.3) is 0 Å². The minimum atomic E-state index is -4.03. The van der Waals surface area contributed by atoms with Gasteiger partial charge in [0.05, 0.1) is 12.0 Å². The lowest BCUT2D eigenvalue weighted by atomic mass is 9.96. The van der Waals surface area contributed by atoms with Crippen molar-refractivity contribution >= 4 is 15.8 Å². The van der Waals surface area contributed by atoms with E-state index in [0.717, 1.165) is 5.57 Å². The number of carboxylic acid groups (broad SMARTS) is 1. The number of ether oxygens (including phenoxy) is 1. The molecule has 6 nitrogen and oxygen atoms in total. The molecule has 0 amide bonds. The van der Waals surface area contributed by atoms with Crippen molar-refractivity contribution < 1.29 is 23.1 Å². The van der Waals surface area contributed by atoms with Crippen LogP contribution in [0.15, 0.2) is 53.6 Å². The van der Waals surface area contributed by atoms with Crippen LogP contribution in [0.4, 0.5) is 0 Å². The molecule has 0 aliphatic carbocycles. The van der Waals surface area contributed by atoms with Gasteiger partial charge in [0, 0.05) is 13.1 Å². The normalized spacial score (nSPS) is 17.4. The first-order chi connectivity index (χ1) is 11.7. The van der Waals surface area contributed by atoms with Crippen molar-refractivity contribution in [1.29, 1.82) is 0 Å². The summed E-state index contributed by atoms with van der Waals surface area (Å²) in [7, 11) is -2.54. The molecular weight excluding hydrogens is 342 g/mol. The number of likely N-dealkylation sites (tertiary alicyclic amines) is 1. The highest BCUT2D eigenvalue weighted by molar-refractivity contribution is 7.93. The van der Waals surface area contributed by atoms with E-state index in [0.29, 0.717) is 18.8 Å². The molecule has 0 unspecified atom stereocenters. The van der Waals surface area contributed by atoms with E-state index in [-0.39, 0.29) is 17.7 Å². The third-order valence-corrected chi connectivity index (χ3v) is 6.95. The van der Waals surface area contributed by atoms with E-state index in [1.165, 1.54) is 31.4 Å². The Morgan fingerprint density at radius 1 is 1.28 bits per heavy atom. The molecule has 1 fully saturated rings. The number of hydrogen-bond donors (Lipinski definition) is 1. The Morgan fingerprint density at radius 2 is 1.84 bits per heavy atom. The molecule has 25 heavy (non-hydrogen) atoms. The van der Waals surface area contributed by atoms with Crippen molar-refractivity contribution in [1.82, 2.24) is 4.90 Å². The van der Waals surface area contributed by atoms with E-state index < -0.39 is 20.6 Å². The summed E-state index contributed by atoms with van der Waals surface area (Å²) in [4.78, 5) is 13.9. The zero-order chi connectivity index (χ0) is 18.7. The SMILES string of the molecule is C=C(C)/C=C/N1CCC(C(=O)O)(S(=O)(=O)c2ccc(OC)cc2)CC1. The van der Waals surface area contributed by atoms with Gasteiger partial charge in [-0.15, -0.1) is 0 Å². The first kappa shape index (κ1) is 19.1. The number of hydrogen-bond acceptors (Lipinski definition) is 5. The zero-order valence-electron chi connectivity index (χ0n) is 14.4. The summed E-state index contributed by atoms with van der Waals surface area (Å²) in [5.74, 6) is -0.782. The standard InChI is InChI=1S/C18H23NO5S/c1-14(2)8-11-19-12-9-18(10-13-19,17(20)21)25(22,23)16-6-4-15(24-3)5-7-16/h4-8,11H,1,9-10,12-13H2,2-3H3,(H,20,21)/b11-8+. The average molecular weight is 365 g/mol. The molecule has 1 saturated heterocycles. The van der Waals surface area contributed by atoms with Crippen molar-refractivity contribution in [2.24, 2.45) is 0 Å². The van der Waals surface area contributed by atoms with Gasteiger partial charge in [-0.2, -0.15) is 0 Å². The molecule has 0 bridgehead atoms. The van der Waals surface area contributed by atoms with E-state index in [9.17, 15) is 18.3 Å². The van der Waals surface area contributed by atoms with Crippen LogP contribution in [0, 0.1) is 0 Å². The Bertz CT molecular complexity index is 772. The molecule has 0 spiro atoms. The highest BCUT2D eigenvalue weighted by Gasteiger charge is 2.53. The summed E-state index contributed by atoms with van der Waals surface area (Å²) in [5, 5.41) is 9.74. The van der Waals surface area contributed by atoms with Gasteiger partial charge in [-0.25, -0.2) is 8.42 Å². The maximum Gasteiger partial charge on any atom is 0.325 e. The number of carbonyl (C=O) groups is 1. The lowest BCUT2D eigenvalue weighted by Crippen LogP contribution is -2.53. The number of methoxy groups -OCH3 is 1.